The minimum Gasteiger partial charge on any atom is -0.309 e. The zero-order chi connectivity index (χ0) is 18.9. The van der Waals surface area contributed by atoms with Crippen LogP contribution in [0.2, 0.25) is 0 Å². The van der Waals surface area contributed by atoms with Crippen LogP contribution in [0.1, 0.15) is 26.7 Å². The fourth-order valence-electron chi connectivity index (χ4n) is 4.32. The number of hydrogen-bond acceptors (Lipinski definition) is 1. The van der Waals surface area contributed by atoms with Gasteiger partial charge in [-0.3, -0.25) is 0 Å². The van der Waals surface area contributed by atoms with Gasteiger partial charge in [0.25, 0.3) is 0 Å². The molecule has 3 aromatic carbocycles. The molecule has 0 amide bonds. The zero-order valence-corrected chi connectivity index (χ0v) is 17.7. The Morgan fingerprint density at radius 2 is 1.15 bits per heavy atom. The van der Waals surface area contributed by atoms with Crippen LogP contribution >= 0.6 is 15.1 Å². The lowest BCUT2D eigenvalue weighted by atomic mass is 10.2. The van der Waals surface area contributed by atoms with E-state index in [4.69, 9.17) is 0 Å². The Hall–Kier alpha value is -1.68. The van der Waals surface area contributed by atoms with Crippen molar-refractivity contribution in [1.29, 1.82) is 0 Å². The summed E-state index contributed by atoms with van der Waals surface area (Å²) in [6.45, 7) is 4.75. The Bertz CT molecular complexity index is 899. The van der Waals surface area contributed by atoms with Crippen LogP contribution in [0.4, 0.5) is 0 Å². The van der Waals surface area contributed by atoms with Gasteiger partial charge in [-0.05, 0) is 29.5 Å². The van der Waals surface area contributed by atoms with Gasteiger partial charge in [-0.15, -0.1) is 0 Å². The Balaban J connectivity index is 1.97. The standard InChI is InChI=1S/C24H26OP2/c1-19-17-18-20(2)26(19)23-15-9-10-16-24(23)27(25,21-11-5-3-6-12-21)22-13-7-4-8-14-22/h3-16,19-20H,17-18H2,1-2H3/t19-,20-/m1/s1. The molecule has 0 saturated carbocycles. The third-order valence-electron chi connectivity index (χ3n) is 5.69. The minimum atomic E-state index is -2.90. The van der Waals surface area contributed by atoms with E-state index in [1.54, 1.807) is 0 Å². The fraction of sp³-hybridized carbons (Fsp3) is 0.250. The van der Waals surface area contributed by atoms with Crippen molar-refractivity contribution in [3.63, 3.8) is 0 Å². The first-order valence-corrected chi connectivity index (χ1v) is 12.9. The smallest absolute Gasteiger partial charge is 0.171 e. The molecule has 0 aromatic heterocycles. The zero-order valence-electron chi connectivity index (χ0n) is 16.0. The van der Waals surface area contributed by atoms with Gasteiger partial charge in [0.05, 0.1) is 0 Å². The highest BCUT2D eigenvalue weighted by molar-refractivity contribution is 7.87. The van der Waals surface area contributed by atoms with Crippen molar-refractivity contribution < 1.29 is 4.57 Å². The van der Waals surface area contributed by atoms with E-state index in [9.17, 15) is 4.57 Å². The van der Waals surface area contributed by atoms with Gasteiger partial charge in [-0.1, -0.05) is 107 Å². The SMILES string of the molecule is C[C@@H]1CC[C@@H](C)P1c1ccccc1P(=O)(c1ccccc1)c1ccccc1. The fourth-order valence-corrected chi connectivity index (χ4v) is 11.1. The van der Waals surface area contributed by atoms with Crippen molar-refractivity contribution in [3.8, 4) is 0 Å². The average Bonchev–Trinajstić information content (AvgIpc) is 3.07. The molecule has 27 heavy (non-hydrogen) atoms. The molecule has 2 atom stereocenters. The normalized spacial score (nSPS) is 20.7. The third-order valence-corrected chi connectivity index (χ3v) is 12.3. The molecular weight excluding hydrogens is 366 g/mol. The summed E-state index contributed by atoms with van der Waals surface area (Å²) in [6.07, 6.45) is 2.56. The van der Waals surface area contributed by atoms with Crippen molar-refractivity contribution in [3.05, 3.63) is 84.9 Å². The van der Waals surface area contributed by atoms with Crippen molar-refractivity contribution >= 4 is 36.3 Å². The summed E-state index contributed by atoms with van der Waals surface area (Å²) in [6, 6.07) is 28.6. The van der Waals surface area contributed by atoms with E-state index < -0.39 is 7.14 Å². The number of hydrogen-bond donors (Lipinski definition) is 0. The maximum Gasteiger partial charge on any atom is 0.171 e. The van der Waals surface area contributed by atoms with E-state index in [0.29, 0.717) is 11.3 Å². The molecule has 0 bridgehead atoms. The molecule has 3 heteroatoms. The van der Waals surface area contributed by atoms with Gasteiger partial charge in [-0.25, -0.2) is 0 Å². The summed E-state index contributed by atoms with van der Waals surface area (Å²) < 4.78 is 14.8. The molecule has 4 rings (SSSR count). The molecule has 1 saturated heterocycles. The summed E-state index contributed by atoms with van der Waals surface area (Å²) in [7, 11) is -3.20. The van der Waals surface area contributed by atoms with Crippen LogP contribution in [0.5, 0.6) is 0 Å². The second-order valence-electron chi connectivity index (χ2n) is 7.45. The molecule has 0 radical (unpaired) electrons. The Morgan fingerprint density at radius 3 is 1.67 bits per heavy atom. The van der Waals surface area contributed by atoms with Crippen LogP contribution in [-0.4, -0.2) is 11.3 Å². The summed E-state index contributed by atoms with van der Waals surface area (Å²) >= 11 is 0. The van der Waals surface area contributed by atoms with E-state index in [0.717, 1.165) is 15.9 Å². The van der Waals surface area contributed by atoms with Crippen LogP contribution in [0, 0.1) is 0 Å². The van der Waals surface area contributed by atoms with Crippen LogP contribution in [0.25, 0.3) is 0 Å². The molecule has 0 unspecified atom stereocenters. The first kappa shape index (κ1) is 18.7. The summed E-state index contributed by atoms with van der Waals surface area (Å²) in [5.41, 5.74) is 1.38. The van der Waals surface area contributed by atoms with Gasteiger partial charge in [0.2, 0.25) is 0 Å². The summed E-state index contributed by atoms with van der Waals surface area (Å²) in [4.78, 5) is 0. The number of benzene rings is 3. The van der Waals surface area contributed by atoms with Crippen LogP contribution in [0.3, 0.4) is 0 Å². The quantitative estimate of drug-likeness (QED) is 0.571. The topological polar surface area (TPSA) is 17.1 Å². The first-order valence-electron chi connectivity index (χ1n) is 9.71. The van der Waals surface area contributed by atoms with Crippen molar-refractivity contribution in [2.75, 3.05) is 0 Å². The predicted octanol–water partition coefficient (Wildman–Crippen LogP) is 5.00. The van der Waals surface area contributed by atoms with Crippen molar-refractivity contribution in [1.82, 2.24) is 0 Å². The lowest BCUT2D eigenvalue weighted by molar-refractivity contribution is 0.592. The summed E-state index contributed by atoms with van der Waals surface area (Å²) in [5, 5.41) is 4.26. The van der Waals surface area contributed by atoms with E-state index in [-0.39, 0.29) is 7.92 Å². The van der Waals surface area contributed by atoms with E-state index >= 15 is 0 Å². The minimum absolute atomic E-state index is 0.301. The molecule has 0 N–H and O–H groups in total. The van der Waals surface area contributed by atoms with Gasteiger partial charge in [0.1, 0.15) is 0 Å². The van der Waals surface area contributed by atoms with Gasteiger partial charge in [-0.2, -0.15) is 0 Å². The maximum atomic E-state index is 14.8. The average molecular weight is 392 g/mol. The Morgan fingerprint density at radius 1 is 0.704 bits per heavy atom. The predicted molar refractivity (Wildman–Crippen MR) is 121 cm³/mol. The summed E-state index contributed by atoms with van der Waals surface area (Å²) in [5.74, 6) is 0. The van der Waals surface area contributed by atoms with Crippen LogP contribution < -0.4 is 21.2 Å². The molecule has 0 spiro atoms. The van der Waals surface area contributed by atoms with Gasteiger partial charge >= 0.3 is 0 Å². The van der Waals surface area contributed by atoms with Gasteiger partial charge in [0, 0.05) is 15.9 Å². The van der Waals surface area contributed by atoms with Crippen molar-refractivity contribution in [2.45, 2.75) is 38.0 Å². The molecule has 1 nitrogen and oxygen atoms in total. The second-order valence-corrected chi connectivity index (χ2v) is 13.2. The maximum absolute atomic E-state index is 14.8. The Labute approximate surface area is 164 Å². The highest BCUT2D eigenvalue weighted by atomic mass is 31.2. The highest BCUT2D eigenvalue weighted by Crippen LogP contribution is 2.56. The lowest BCUT2D eigenvalue weighted by Gasteiger charge is -2.28. The molecule has 138 valence electrons. The largest absolute Gasteiger partial charge is 0.309 e. The van der Waals surface area contributed by atoms with Crippen LogP contribution in [-0.2, 0) is 4.57 Å². The number of rotatable bonds is 4. The third kappa shape index (κ3) is 3.33. The van der Waals surface area contributed by atoms with Crippen LogP contribution in [0.15, 0.2) is 84.9 Å². The molecule has 1 aliphatic heterocycles. The molecule has 3 aromatic rings. The Kier molecular flexibility index (Phi) is 5.36. The van der Waals surface area contributed by atoms with E-state index in [1.165, 1.54) is 18.1 Å². The highest BCUT2D eigenvalue weighted by Gasteiger charge is 2.38. The molecule has 0 aliphatic carbocycles. The monoisotopic (exact) mass is 392 g/mol. The van der Waals surface area contributed by atoms with E-state index in [1.807, 2.05) is 60.7 Å². The lowest BCUT2D eigenvalue weighted by Crippen LogP contribution is -2.34. The van der Waals surface area contributed by atoms with Gasteiger partial charge in [0.15, 0.2) is 7.14 Å². The van der Waals surface area contributed by atoms with Crippen molar-refractivity contribution in [2.24, 2.45) is 0 Å². The molecule has 1 aliphatic rings. The second kappa shape index (κ2) is 7.75. The molecular formula is C24H26OP2. The molecule has 1 fully saturated rings. The van der Waals surface area contributed by atoms with E-state index in [2.05, 4.69) is 38.1 Å². The molecule has 1 heterocycles. The van der Waals surface area contributed by atoms with Gasteiger partial charge < -0.3 is 4.57 Å². The first-order chi connectivity index (χ1) is 13.1.